The third-order valence-corrected chi connectivity index (χ3v) is 3.35. The van der Waals surface area contributed by atoms with Crippen molar-refractivity contribution in [1.82, 2.24) is 15.0 Å². The second-order valence-electron chi connectivity index (χ2n) is 3.34. The van der Waals surface area contributed by atoms with Crippen LogP contribution in [0.2, 0.25) is 0 Å². The van der Waals surface area contributed by atoms with Gasteiger partial charge < -0.3 is 0 Å². The van der Waals surface area contributed by atoms with Crippen LogP contribution in [-0.2, 0) is 5.33 Å². The molecule has 3 nitrogen and oxygen atoms in total. The van der Waals surface area contributed by atoms with E-state index in [2.05, 4.69) is 42.2 Å². The summed E-state index contributed by atoms with van der Waals surface area (Å²) in [5.41, 5.74) is 2.43. The summed E-state index contributed by atoms with van der Waals surface area (Å²) in [5, 5.41) is 8.51. The fourth-order valence-corrected chi connectivity index (χ4v) is 2.07. The van der Waals surface area contributed by atoms with Crippen molar-refractivity contribution in [2.45, 2.75) is 12.3 Å². The Morgan fingerprint density at radius 3 is 2.81 bits per heavy atom. The summed E-state index contributed by atoms with van der Waals surface area (Å²) in [6.45, 7) is 1.90. The van der Waals surface area contributed by atoms with E-state index in [4.69, 9.17) is 0 Å². The van der Waals surface area contributed by atoms with Gasteiger partial charge in [-0.05, 0) is 34.5 Å². The highest BCUT2D eigenvalue weighted by Crippen LogP contribution is 2.22. The van der Waals surface area contributed by atoms with E-state index in [0.717, 1.165) is 11.3 Å². The van der Waals surface area contributed by atoms with Crippen LogP contribution in [-0.4, -0.2) is 15.0 Å². The molecule has 0 bridgehead atoms. The molecule has 1 aromatic carbocycles. The van der Waals surface area contributed by atoms with Crippen LogP contribution in [0.25, 0.3) is 5.69 Å². The first-order valence-corrected chi connectivity index (χ1v) is 6.46. The zero-order valence-electron chi connectivity index (χ0n) is 8.41. The maximum atomic E-state index is 13.4. The molecule has 0 N–H and O–H groups in total. The van der Waals surface area contributed by atoms with Gasteiger partial charge in [-0.3, -0.25) is 0 Å². The molecule has 1 aromatic heterocycles. The van der Waals surface area contributed by atoms with Gasteiger partial charge in [-0.2, -0.15) is 0 Å². The molecule has 1 heterocycles. The first kappa shape index (κ1) is 11.7. The topological polar surface area (TPSA) is 30.7 Å². The van der Waals surface area contributed by atoms with E-state index in [-0.39, 0.29) is 5.82 Å². The lowest BCUT2D eigenvalue weighted by molar-refractivity contribution is 0.617. The van der Waals surface area contributed by atoms with Gasteiger partial charge in [0.2, 0.25) is 0 Å². The van der Waals surface area contributed by atoms with E-state index in [1.165, 1.54) is 6.07 Å². The number of nitrogens with zero attached hydrogens (tertiary/aromatic N) is 3. The minimum Gasteiger partial charge on any atom is -0.220 e. The van der Waals surface area contributed by atoms with Gasteiger partial charge in [-0.1, -0.05) is 21.1 Å². The van der Waals surface area contributed by atoms with E-state index < -0.39 is 0 Å². The van der Waals surface area contributed by atoms with Gasteiger partial charge in [-0.25, -0.2) is 9.07 Å². The van der Waals surface area contributed by atoms with Crippen LogP contribution >= 0.6 is 31.9 Å². The van der Waals surface area contributed by atoms with Gasteiger partial charge in [0.15, 0.2) is 0 Å². The Bertz CT molecular complexity index is 525. The molecule has 6 heteroatoms. The van der Waals surface area contributed by atoms with E-state index >= 15 is 0 Å². The number of alkyl halides is 1. The molecule has 2 rings (SSSR count). The Balaban J connectivity index is 2.51. The molecule has 0 atom stereocenters. The Labute approximate surface area is 109 Å². The third kappa shape index (κ3) is 2.17. The second-order valence-corrected chi connectivity index (χ2v) is 4.76. The molecule has 0 unspecified atom stereocenters. The van der Waals surface area contributed by atoms with Crippen molar-refractivity contribution in [2.24, 2.45) is 0 Å². The summed E-state index contributed by atoms with van der Waals surface area (Å²) < 4.78 is 15.4. The average molecular weight is 349 g/mol. The lowest BCUT2D eigenvalue weighted by atomic mass is 10.2. The van der Waals surface area contributed by atoms with Crippen LogP contribution in [0.5, 0.6) is 0 Å². The predicted octanol–water partition coefficient (Wildman–Crippen LogP) is 3.37. The van der Waals surface area contributed by atoms with Gasteiger partial charge >= 0.3 is 0 Å². The number of aryl methyl sites for hydroxylation is 1. The van der Waals surface area contributed by atoms with Crippen LogP contribution in [0.15, 0.2) is 22.8 Å². The predicted molar refractivity (Wildman–Crippen MR) is 66.4 cm³/mol. The standard InChI is InChI=1S/C10H8Br2FN3/c1-6-2-8(12)9(13)3-10(6)16-5-7(4-11)14-15-16/h2-3,5H,4H2,1H3. The summed E-state index contributed by atoms with van der Waals surface area (Å²) in [6.07, 6.45) is 1.77. The van der Waals surface area contributed by atoms with Crippen molar-refractivity contribution in [1.29, 1.82) is 0 Å². The zero-order chi connectivity index (χ0) is 11.7. The molecule has 0 aliphatic heterocycles. The third-order valence-electron chi connectivity index (χ3n) is 2.16. The van der Waals surface area contributed by atoms with Gasteiger partial charge in [0, 0.05) is 11.4 Å². The lowest BCUT2D eigenvalue weighted by Crippen LogP contribution is -1.99. The van der Waals surface area contributed by atoms with Crippen molar-refractivity contribution >= 4 is 31.9 Å². The van der Waals surface area contributed by atoms with Gasteiger partial charge in [0.1, 0.15) is 5.82 Å². The number of hydrogen-bond acceptors (Lipinski definition) is 2. The molecular formula is C10H8Br2FN3. The summed E-state index contributed by atoms with van der Waals surface area (Å²) in [6, 6.07) is 3.16. The fourth-order valence-electron chi connectivity index (χ4n) is 1.36. The molecule has 0 spiro atoms. The highest BCUT2D eigenvalue weighted by Gasteiger charge is 2.08. The molecular weight excluding hydrogens is 341 g/mol. The van der Waals surface area contributed by atoms with E-state index in [1.807, 2.05) is 6.92 Å². The maximum Gasteiger partial charge on any atom is 0.139 e. The summed E-state index contributed by atoms with van der Waals surface area (Å²) >= 11 is 6.43. The van der Waals surface area contributed by atoms with Crippen LogP contribution in [0.3, 0.4) is 0 Å². The summed E-state index contributed by atoms with van der Waals surface area (Å²) in [4.78, 5) is 0. The van der Waals surface area contributed by atoms with E-state index in [1.54, 1.807) is 16.9 Å². The van der Waals surface area contributed by atoms with Gasteiger partial charge in [0.05, 0.1) is 22.1 Å². The Morgan fingerprint density at radius 2 is 2.19 bits per heavy atom. The van der Waals surface area contributed by atoms with Gasteiger partial charge in [0.25, 0.3) is 0 Å². The minimum absolute atomic E-state index is 0.309. The maximum absolute atomic E-state index is 13.4. The number of hydrogen-bond donors (Lipinski definition) is 0. The monoisotopic (exact) mass is 347 g/mol. The molecule has 0 aliphatic carbocycles. The van der Waals surface area contributed by atoms with Crippen molar-refractivity contribution in [3.05, 3.63) is 39.9 Å². The molecule has 0 amide bonds. The van der Waals surface area contributed by atoms with Crippen LogP contribution in [0.4, 0.5) is 4.39 Å². The highest BCUT2D eigenvalue weighted by molar-refractivity contribution is 9.10. The summed E-state index contributed by atoms with van der Waals surface area (Å²) in [5.74, 6) is -0.309. The Morgan fingerprint density at radius 1 is 1.44 bits per heavy atom. The molecule has 0 fully saturated rings. The first-order chi connectivity index (χ1) is 7.61. The highest BCUT2D eigenvalue weighted by atomic mass is 79.9. The van der Waals surface area contributed by atoms with Crippen molar-refractivity contribution in [3.8, 4) is 5.69 Å². The SMILES string of the molecule is Cc1cc(Br)c(F)cc1-n1cc(CBr)nn1. The van der Waals surface area contributed by atoms with Crippen molar-refractivity contribution in [2.75, 3.05) is 0 Å². The number of rotatable bonds is 2. The first-order valence-electron chi connectivity index (χ1n) is 4.55. The van der Waals surface area contributed by atoms with Crippen LogP contribution in [0.1, 0.15) is 11.3 Å². The van der Waals surface area contributed by atoms with E-state index in [9.17, 15) is 4.39 Å². The Kier molecular flexibility index (Phi) is 3.39. The van der Waals surface area contributed by atoms with Crippen LogP contribution in [0, 0.1) is 12.7 Å². The molecule has 16 heavy (non-hydrogen) atoms. The summed E-state index contributed by atoms with van der Waals surface area (Å²) in [7, 11) is 0. The van der Waals surface area contributed by atoms with Crippen molar-refractivity contribution in [3.63, 3.8) is 0 Å². The normalized spacial score (nSPS) is 10.8. The minimum atomic E-state index is -0.309. The van der Waals surface area contributed by atoms with Crippen LogP contribution < -0.4 is 0 Å². The molecule has 0 saturated carbocycles. The number of halogens is 3. The molecule has 84 valence electrons. The lowest BCUT2D eigenvalue weighted by Gasteiger charge is -2.06. The largest absolute Gasteiger partial charge is 0.220 e. The van der Waals surface area contributed by atoms with Gasteiger partial charge in [-0.15, -0.1) is 5.10 Å². The zero-order valence-corrected chi connectivity index (χ0v) is 11.6. The molecule has 0 radical (unpaired) electrons. The quantitative estimate of drug-likeness (QED) is 0.779. The molecule has 0 saturated heterocycles. The smallest absolute Gasteiger partial charge is 0.139 e. The van der Waals surface area contributed by atoms with Crippen molar-refractivity contribution < 1.29 is 4.39 Å². The number of aromatic nitrogens is 3. The molecule has 0 aliphatic rings. The molecule has 2 aromatic rings. The van der Waals surface area contributed by atoms with E-state index in [0.29, 0.717) is 15.5 Å². The second kappa shape index (κ2) is 4.63. The fraction of sp³-hybridized carbons (Fsp3) is 0.200. The number of benzene rings is 1. The Hall–Kier alpha value is -0.750. The average Bonchev–Trinajstić information content (AvgIpc) is 2.71.